The summed E-state index contributed by atoms with van der Waals surface area (Å²) >= 11 is 0. The molecular weight excluding hydrogens is 352 g/mol. The molecule has 0 rings (SSSR count). The first-order chi connectivity index (χ1) is 8.25. The molecule has 0 atom stereocenters. The van der Waals surface area contributed by atoms with Crippen LogP contribution in [-0.4, -0.2) is 37.6 Å². The molecule has 0 aliphatic heterocycles. The summed E-state index contributed by atoms with van der Waals surface area (Å²) in [6, 6.07) is 0. The van der Waals surface area contributed by atoms with Crippen LogP contribution in [0.4, 0.5) is 52.2 Å². The van der Waals surface area contributed by atoms with E-state index in [0.29, 0.717) is 0 Å². The van der Waals surface area contributed by atoms with Crippen LogP contribution in [0.15, 0.2) is 0 Å². The maximum absolute atomic E-state index is 12.7. The molecule has 0 aromatic rings. The lowest BCUT2D eigenvalue weighted by molar-refractivity contribution is -0.416. The van der Waals surface area contributed by atoms with E-state index in [1.807, 2.05) is 0 Å². The minimum Gasteiger partial charge on any atom is -0.216 e. The zero-order valence-electron chi connectivity index (χ0n) is 8.26. The highest BCUT2D eigenvalue weighted by Crippen LogP contribution is 2.60. The minimum atomic E-state index is -8.01. The van der Waals surface area contributed by atoms with Gasteiger partial charge >= 0.3 is 39.4 Å². The largest absolute Gasteiger partial charge is 0.440 e. The van der Waals surface area contributed by atoms with Gasteiger partial charge in [-0.2, -0.15) is 52.3 Å². The van der Waals surface area contributed by atoms with Gasteiger partial charge in [0.15, 0.2) is 0 Å². The lowest BCUT2D eigenvalue weighted by Crippen LogP contribution is -2.71. The highest BCUT2D eigenvalue weighted by molar-refractivity contribution is 7.87. The van der Waals surface area contributed by atoms with Crippen LogP contribution in [-0.2, 0) is 10.2 Å². The van der Waals surface area contributed by atoms with E-state index >= 15 is 0 Å². The van der Waals surface area contributed by atoms with Crippen LogP contribution in [0.1, 0.15) is 0 Å². The number of rotatable bonds is 3. The molecule has 0 saturated heterocycles. The third-order valence-corrected chi connectivity index (χ3v) is 2.75. The van der Waals surface area contributed by atoms with Crippen LogP contribution < -0.4 is 0 Å². The van der Waals surface area contributed by atoms with Gasteiger partial charge in [-0.15, -0.1) is 0 Å². The van der Waals surface area contributed by atoms with Crippen LogP contribution >= 0.6 is 0 Å². The van der Waals surface area contributed by atoms with Crippen molar-refractivity contribution in [2.24, 2.45) is 0 Å². The maximum Gasteiger partial charge on any atom is 0.440 e. The van der Waals surface area contributed by atoms with Gasteiger partial charge in [0, 0.05) is 0 Å². The Hall–Kier alpha value is -0.890. The fourth-order valence-electron chi connectivity index (χ4n) is 0.870. The molecule has 0 spiro atoms. The van der Waals surface area contributed by atoms with E-state index in [-0.39, 0.29) is 0 Å². The Kier molecular flexibility index (Phi) is 4.11. The average molecular weight is 352 g/mol. The molecule has 0 heterocycles. The first-order valence-electron chi connectivity index (χ1n) is 3.77. The quantitative estimate of drug-likeness (QED) is 0.577. The van der Waals surface area contributed by atoms with E-state index in [1.165, 1.54) is 0 Å². The van der Waals surface area contributed by atoms with E-state index in [1.54, 1.807) is 0 Å². The maximum atomic E-state index is 12.7. The summed E-state index contributed by atoms with van der Waals surface area (Å²) in [6.07, 6.45) is -15.4. The highest BCUT2D eigenvalue weighted by atomic mass is 32.3. The second-order valence-corrected chi connectivity index (χ2v) is 4.57. The number of hydrogen-bond donors (Lipinski definition) is 0. The topological polar surface area (TPSA) is 34.1 Å². The van der Waals surface area contributed by atoms with E-state index in [4.69, 9.17) is 0 Å². The summed E-state index contributed by atoms with van der Waals surface area (Å²) in [6.45, 7) is 0. The first kappa shape index (κ1) is 19.1. The van der Waals surface area contributed by atoms with Crippen molar-refractivity contribution in [3.8, 4) is 0 Å². The lowest BCUT2D eigenvalue weighted by Gasteiger charge is -2.37. The van der Waals surface area contributed by atoms with Crippen LogP contribution in [0, 0.1) is 0 Å². The molecule has 0 fully saturated rings. The molecule has 122 valence electrons. The summed E-state index contributed by atoms with van der Waals surface area (Å²) in [5.74, 6) is -8.01. The standard InChI is InChI=1S/C5F12O2S/c6-1(3(9,10)11,4(12,13)14)2(7,8)5(15,16)20(17,18)19. The van der Waals surface area contributed by atoms with Crippen molar-refractivity contribution in [1.82, 2.24) is 0 Å². The number of halogens is 12. The Morgan fingerprint density at radius 1 is 0.600 bits per heavy atom. The van der Waals surface area contributed by atoms with Gasteiger partial charge in [0.2, 0.25) is 0 Å². The fraction of sp³-hybridized carbons (Fsp3) is 1.00. The first-order valence-corrected chi connectivity index (χ1v) is 5.15. The van der Waals surface area contributed by atoms with Crippen molar-refractivity contribution in [3.05, 3.63) is 0 Å². The van der Waals surface area contributed by atoms with Crippen molar-refractivity contribution in [1.29, 1.82) is 0 Å². The Morgan fingerprint density at radius 2 is 0.850 bits per heavy atom. The molecule has 0 bridgehead atoms. The van der Waals surface area contributed by atoms with E-state index < -0.39 is 39.4 Å². The Morgan fingerprint density at radius 3 is 1.00 bits per heavy atom. The molecule has 20 heavy (non-hydrogen) atoms. The smallest absolute Gasteiger partial charge is 0.216 e. The van der Waals surface area contributed by atoms with Crippen LogP contribution in [0.2, 0.25) is 0 Å². The molecule has 0 aromatic heterocycles. The molecule has 0 radical (unpaired) electrons. The number of hydrogen-bond acceptors (Lipinski definition) is 2. The summed E-state index contributed by atoms with van der Waals surface area (Å²) in [5.41, 5.74) is -7.99. The van der Waals surface area contributed by atoms with Gasteiger partial charge in [0.25, 0.3) is 0 Å². The molecule has 0 unspecified atom stereocenters. The van der Waals surface area contributed by atoms with E-state index in [9.17, 15) is 60.6 Å². The zero-order valence-corrected chi connectivity index (χ0v) is 9.08. The molecule has 0 N–H and O–H groups in total. The summed E-state index contributed by atoms with van der Waals surface area (Å²) in [5, 5.41) is -7.61. The van der Waals surface area contributed by atoms with Crippen molar-refractivity contribution < 1.29 is 60.6 Å². The third-order valence-electron chi connectivity index (χ3n) is 1.89. The Labute approximate surface area is 101 Å². The summed E-state index contributed by atoms with van der Waals surface area (Å²) in [4.78, 5) is 0. The molecule has 0 aliphatic rings. The zero-order chi connectivity index (χ0) is 17.0. The van der Waals surface area contributed by atoms with Gasteiger partial charge in [0.05, 0.1) is 0 Å². The minimum absolute atomic E-state index is 7.61. The molecule has 2 nitrogen and oxygen atoms in total. The molecule has 0 amide bonds. The molecular formula is C5F12O2S. The van der Waals surface area contributed by atoms with Gasteiger partial charge in [0.1, 0.15) is 0 Å². The van der Waals surface area contributed by atoms with Gasteiger partial charge in [-0.25, -0.2) is 4.39 Å². The average Bonchev–Trinajstić information content (AvgIpc) is 2.10. The Bertz CT molecular complexity index is 455. The summed E-state index contributed by atoms with van der Waals surface area (Å²) in [7, 11) is -7.99. The van der Waals surface area contributed by atoms with Crippen molar-refractivity contribution in [3.63, 3.8) is 0 Å². The van der Waals surface area contributed by atoms with Crippen molar-refractivity contribution >= 4 is 10.2 Å². The van der Waals surface area contributed by atoms with Gasteiger partial charge in [-0.3, -0.25) is 0 Å². The van der Waals surface area contributed by atoms with Crippen LogP contribution in [0.25, 0.3) is 0 Å². The molecule has 0 aliphatic carbocycles. The SMILES string of the molecule is O=S(=O)(F)C(F)(F)C(F)(F)C(F)(C(F)(F)F)C(F)(F)F. The van der Waals surface area contributed by atoms with E-state index in [0.717, 1.165) is 0 Å². The predicted octanol–water partition coefficient (Wildman–Crippen LogP) is 3.35. The van der Waals surface area contributed by atoms with Crippen LogP contribution in [0.5, 0.6) is 0 Å². The lowest BCUT2D eigenvalue weighted by atomic mass is 9.96. The highest BCUT2D eigenvalue weighted by Gasteiger charge is 2.92. The Balaban J connectivity index is 6.53. The molecule has 0 saturated carbocycles. The predicted molar refractivity (Wildman–Crippen MR) is 35.9 cm³/mol. The third kappa shape index (κ3) is 2.28. The van der Waals surface area contributed by atoms with Crippen molar-refractivity contribution in [2.75, 3.05) is 0 Å². The monoisotopic (exact) mass is 352 g/mol. The van der Waals surface area contributed by atoms with Gasteiger partial charge in [-0.1, -0.05) is 3.89 Å². The summed E-state index contributed by atoms with van der Waals surface area (Å²) < 4.78 is 164. The second-order valence-electron chi connectivity index (χ2n) is 3.18. The normalized spacial score (nSPS) is 16.4. The number of alkyl halides is 11. The van der Waals surface area contributed by atoms with E-state index in [2.05, 4.69) is 0 Å². The molecule has 15 heteroatoms. The van der Waals surface area contributed by atoms with Crippen LogP contribution in [0.3, 0.4) is 0 Å². The van der Waals surface area contributed by atoms with Gasteiger partial charge in [-0.05, 0) is 0 Å². The van der Waals surface area contributed by atoms with Crippen molar-refractivity contribution in [2.45, 2.75) is 29.2 Å². The van der Waals surface area contributed by atoms with Gasteiger partial charge < -0.3 is 0 Å². The fourth-order valence-corrected chi connectivity index (χ4v) is 1.32. The molecule has 0 aromatic carbocycles. The second kappa shape index (κ2) is 4.30.